The molecule has 100 valence electrons. The summed E-state index contributed by atoms with van der Waals surface area (Å²) in [6.45, 7) is 2.33. The number of ether oxygens (including phenoxy) is 1. The van der Waals surface area contributed by atoms with Crippen LogP contribution in [0.3, 0.4) is 0 Å². The van der Waals surface area contributed by atoms with Gasteiger partial charge >= 0.3 is 0 Å². The van der Waals surface area contributed by atoms with Gasteiger partial charge in [-0.3, -0.25) is 4.79 Å². The lowest BCUT2D eigenvalue weighted by Gasteiger charge is -2.09. The van der Waals surface area contributed by atoms with E-state index < -0.39 is 0 Å². The average molecular weight is 277 g/mol. The van der Waals surface area contributed by atoms with Crippen molar-refractivity contribution >= 4 is 22.9 Å². The number of amides is 1. The average Bonchev–Trinajstić information content (AvgIpc) is 2.81. The van der Waals surface area contributed by atoms with E-state index in [1.807, 2.05) is 12.3 Å². The predicted octanol–water partition coefficient (Wildman–Crippen LogP) is 1.97. The molecule has 0 unspecified atom stereocenters. The van der Waals surface area contributed by atoms with Gasteiger partial charge in [0, 0.05) is 17.1 Å². The number of nitrogens with two attached hydrogens (primary N) is 1. The van der Waals surface area contributed by atoms with Crippen molar-refractivity contribution < 1.29 is 9.53 Å². The first-order valence-corrected chi connectivity index (χ1v) is 6.61. The number of methoxy groups -OCH3 is 1. The Balaban J connectivity index is 2.07. The molecule has 1 aromatic heterocycles. The number of thiazole rings is 1. The second-order valence-corrected chi connectivity index (χ2v) is 5.06. The maximum Gasteiger partial charge on any atom is 0.255 e. The molecule has 19 heavy (non-hydrogen) atoms. The minimum Gasteiger partial charge on any atom is -0.496 e. The SMILES string of the molecule is COc1cc(N)ccc1C(=O)NCc1csc(C)n1. The minimum absolute atomic E-state index is 0.206. The monoisotopic (exact) mass is 277 g/mol. The van der Waals surface area contributed by atoms with Crippen molar-refractivity contribution in [3.05, 3.63) is 39.8 Å². The van der Waals surface area contributed by atoms with Crippen molar-refractivity contribution in [3.63, 3.8) is 0 Å². The molecule has 2 aromatic rings. The van der Waals surface area contributed by atoms with Crippen molar-refractivity contribution in [2.45, 2.75) is 13.5 Å². The second-order valence-electron chi connectivity index (χ2n) is 4.00. The Labute approximate surface area is 115 Å². The predicted molar refractivity (Wildman–Crippen MR) is 75.4 cm³/mol. The number of aromatic nitrogens is 1. The molecule has 0 aliphatic heterocycles. The maximum atomic E-state index is 12.1. The van der Waals surface area contributed by atoms with Gasteiger partial charge in [0.05, 0.1) is 29.9 Å². The van der Waals surface area contributed by atoms with E-state index >= 15 is 0 Å². The third-order valence-corrected chi connectivity index (χ3v) is 3.39. The minimum atomic E-state index is -0.206. The Bertz CT molecular complexity index is 595. The van der Waals surface area contributed by atoms with Crippen LogP contribution in [0.4, 0.5) is 5.69 Å². The van der Waals surface area contributed by atoms with Gasteiger partial charge in [0.25, 0.3) is 5.91 Å². The fourth-order valence-corrected chi connectivity index (χ4v) is 2.26. The number of nitrogens with zero attached hydrogens (tertiary/aromatic N) is 1. The van der Waals surface area contributed by atoms with Crippen LogP contribution >= 0.6 is 11.3 Å². The molecule has 1 heterocycles. The van der Waals surface area contributed by atoms with Gasteiger partial charge in [-0.15, -0.1) is 11.3 Å². The third kappa shape index (κ3) is 3.23. The first-order valence-electron chi connectivity index (χ1n) is 5.73. The summed E-state index contributed by atoms with van der Waals surface area (Å²) in [4.78, 5) is 16.3. The van der Waals surface area contributed by atoms with E-state index in [9.17, 15) is 4.79 Å². The van der Waals surface area contributed by atoms with E-state index in [1.54, 1.807) is 29.5 Å². The summed E-state index contributed by atoms with van der Waals surface area (Å²) in [6, 6.07) is 4.95. The van der Waals surface area contributed by atoms with E-state index in [4.69, 9.17) is 10.5 Å². The summed E-state index contributed by atoms with van der Waals surface area (Å²) in [5.74, 6) is 0.259. The number of benzene rings is 1. The molecule has 3 N–H and O–H groups in total. The maximum absolute atomic E-state index is 12.1. The standard InChI is InChI=1S/C13H15N3O2S/c1-8-16-10(7-19-8)6-15-13(17)11-4-3-9(14)5-12(11)18-2/h3-5,7H,6,14H2,1-2H3,(H,15,17). The highest BCUT2D eigenvalue weighted by atomic mass is 32.1. The molecule has 2 rings (SSSR count). The number of anilines is 1. The lowest BCUT2D eigenvalue weighted by Crippen LogP contribution is -2.23. The molecule has 0 bridgehead atoms. The molecule has 0 spiro atoms. The van der Waals surface area contributed by atoms with Crippen LogP contribution in [0.1, 0.15) is 21.1 Å². The van der Waals surface area contributed by atoms with E-state index in [1.165, 1.54) is 7.11 Å². The van der Waals surface area contributed by atoms with Crippen LogP contribution in [-0.2, 0) is 6.54 Å². The van der Waals surface area contributed by atoms with Crippen LogP contribution in [0, 0.1) is 6.92 Å². The topological polar surface area (TPSA) is 77.2 Å². The third-order valence-electron chi connectivity index (χ3n) is 2.57. The lowest BCUT2D eigenvalue weighted by molar-refractivity contribution is 0.0947. The molecule has 0 aliphatic rings. The molecule has 0 saturated heterocycles. The Morgan fingerprint density at radius 2 is 2.32 bits per heavy atom. The van der Waals surface area contributed by atoms with Gasteiger partial charge in [-0.1, -0.05) is 0 Å². The summed E-state index contributed by atoms with van der Waals surface area (Å²) in [6.07, 6.45) is 0. The van der Waals surface area contributed by atoms with Crippen molar-refractivity contribution in [2.75, 3.05) is 12.8 Å². The zero-order valence-corrected chi connectivity index (χ0v) is 11.6. The fraction of sp³-hybridized carbons (Fsp3) is 0.231. The zero-order chi connectivity index (χ0) is 13.8. The first kappa shape index (κ1) is 13.4. The normalized spacial score (nSPS) is 10.2. The molecule has 0 radical (unpaired) electrons. The quantitative estimate of drug-likeness (QED) is 0.838. The Morgan fingerprint density at radius 1 is 1.53 bits per heavy atom. The zero-order valence-electron chi connectivity index (χ0n) is 10.8. The van der Waals surface area contributed by atoms with Gasteiger partial charge in [0.2, 0.25) is 0 Å². The molecule has 6 heteroatoms. The molecule has 0 fully saturated rings. The number of nitrogen functional groups attached to an aromatic ring is 1. The number of rotatable bonds is 4. The summed E-state index contributed by atoms with van der Waals surface area (Å²) in [5.41, 5.74) is 7.52. The van der Waals surface area contributed by atoms with Crippen molar-refractivity contribution in [1.29, 1.82) is 0 Å². The lowest BCUT2D eigenvalue weighted by atomic mass is 10.1. The summed E-state index contributed by atoms with van der Waals surface area (Å²) in [7, 11) is 1.51. The Kier molecular flexibility index (Phi) is 4.01. The van der Waals surface area contributed by atoms with Crippen LogP contribution in [-0.4, -0.2) is 18.0 Å². The van der Waals surface area contributed by atoms with Crippen LogP contribution < -0.4 is 15.8 Å². The van der Waals surface area contributed by atoms with Gasteiger partial charge in [0.15, 0.2) is 0 Å². The summed E-state index contributed by atoms with van der Waals surface area (Å²) in [5, 5.41) is 5.71. The second kappa shape index (κ2) is 5.71. The molecule has 1 amide bonds. The van der Waals surface area contributed by atoms with Crippen LogP contribution in [0.5, 0.6) is 5.75 Å². The first-order chi connectivity index (χ1) is 9.10. The fourth-order valence-electron chi connectivity index (χ4n) is 1.65. The van der Waals surface area contributed by atoms with Crippen molar-refractivity contribution in [1.82, 2.24) is 10.3 Å². The molecule has 5 nitrogen and oxygen atoms in total. The summed E-state index contributed by atoms with van der Waals surface area (Å²) >= 11 is 1.56. The highest BCUT2D eigenvalue weighted by Crippen LogP contribution is 2.21. The number of hydrogen-bond donors (Lipinski definition) is 2. The van der Waals surface area contributed by atoms with Crippen molar-refractivity contribution in [3.8, 4) is 5.75 Å². The number of carbonyl (C=O) groups is 1. The molecule has 0 atom stereocenters. The Morgan fingerprint density at radius 3 is 2.95 bits per heavy atom. The largest absolute Gasteiger partial charge is 0.496 e. The van der Waals surface area contributed by atoms with Crippen LogP contribution in [0.15, 0.2) is 23.6 Å². The molecule has 0 aliphatic carbocycles. The number of nitrogens with one attached hydrogen (secondary N) is 1. The number of aryl methyl sites for hydroxylation is 1. The van der Waals surface area contributed by atoms with Gasteiger partial charge in [-0.05, 0) is 19.1 Å². The van der Waals surface area contributed by atoms with E-state index in [-0.39, 0.29) is 5.91 Å². The van der Waals surface area contributed by atoms with E-state index in [0.29, 0.717) is 23.5 Å². The molecule has 1 aromatic carbocycles. The Hall–Kier alpha value is -2.08. The number of carbonyl (C=O) groups excluding carboxylic acids is 1. The molecular formula is C13H15N3O2S. The van der Waals surface area contributed by atoms with Crippen LogP contribution in [0.25, 0.3) is 0 Å². The highest BCUT2D eigenvalue weighted by Gasteiger charge is 2.12. The van der Waals surface area contributed by atoms with Gasteiger partial charge in [0.1, 0.15) is 5.75 Å². The van der Waals surface area contributed by atoms with E-state index in [2.05, 4.69) is 10.3 Å². The van der Waals surface area contributed by atoms with Gasteiger partial charge in [-0.2, -0.15) is 0 Å². The molecular weight excluding hydrogens is 262 g/mol. The van der Waals surface area contributed by atoms with Gasteiger partial charge < -0.3 is 15.8 Å². The number of hydrogen-bond acceptors (Lipinski definition) is 5. The highest BCUT2D eigenvalue weighted by molar-refractivity contribution is 7.09. The summed E-state index contributed by atoms with van der Waals surface area (Å²) < 4.78 is 5.15. The van der Waals surface area contributed by atoms with Crippen molar-refractivity contribution in [2.24, 2.45) is 0 Å². The smallest absolute Gasteiger partial charge is 0.255 e. The molecule has 0 saturated carbocycles. The van der Waals surface area contributed by atoms with Crippen LogP contribution in [0.2, 0.25) is 0 Å². The van der Waals surface area contributed by atoms with E-state index in [0.717, 1.165) is 10.7 Å². The van der Waals surface area contributed by atoms with Gasteiger partial charge in [-0.25, -0.2) is 4.98 Å².